The van der Waals surface area contributed by atoms with Gasteiger partial charge in [0.2, 0.25) is 11.9 Å². The van der Waals surface area contributed by atoms with Gasteiger partial charge < -0.3 is 20.3 Å². The van der Waals surface area contributed by atoms with E-state index in [1.165, 1.54) is 32.0 Å². The van der Waals surface area contributed by atoms with Gasteiger partial charge in [-0.15, -0.1) is 0 Å². The van der Waals surface area contributed by atoms with Crippen LogP contribution in [0.25, 0.3) is 11.2 Å². The highest BCUT2D eigenvalue weighted by Gasteiger charge is 2.36. The van der Waals surface area contributed by atoms with Crippen LogP contribution in [0, 0.1) is 5.92 Å². The molecular formula is C23H37N5O5. The Morgan fingerprint density at radius 1 is 1.24 bits per heavy atom. The summed E-state index contributed by atoms with van der Waals surface area (Å²) in [6, 6.07) is 0. The molecule has 2 aromatic rings. The van der Waals surface area contributed by atoms with Gasteiger partial charge in [0.15, 0.2) is 11.2 Å². The van der Waals surface area contributed by atoms with Crippen molar-refractivity contribution in [3.05, 3.63) is 16.7 Å². The zero-order valence-electron chi connectivity index (χ0n) is 19.9. The van der Waals surface area contributed by atoms with Crippen LogP contribution in [-0.2, 0) is 4.74 Å². The standard InChI is InChI=1S/C23H37N5O5/c1-4-5-6-7-8-9-10-11-24-23-26-20-19(22(32)28(23)21(31)15(2)3)25-14-27(20)18-12-16(30)17(13-29)33-18/h14-18,29-30H,4-13H2,1-3H3,(H,24,26)/t16-,17+,18+/m0/s1. The number of aromatic nitrogens is 4. The summed E-state index contributed by atoms with van der Waals surface area (Å²) in [7, 11) is 0. The predicted octanol–water partition coefficient (Wildman–Crippen LogP) is 2.69. The van der Waals surface area contributed by atoms with Gasteiger partial charge in [0.05, 0.1) is 19.0 Å². The van der Waals surface area contributed by atoms with Crippen LogP contribution in [0.2, 0.25) is 0 Å². The van der Waals surface area contributed by atoms with Crippen molar-refractivity contribution in [1.82, 2.24) is 19.1 Å². The molecule has 2 aromatic heterocycles. The van der Waals surface area contributed by atoms with E-state index in [1.54, 1.807) is 18.4 Å². The van der Waals surface area contributed by atoms with Gasteiger partial charge in [0.25, 0.3) is 5.56 Å². The van der Waals surface area contributed by atoms with Crippen molar-refractivity contribution in [3.63, 3.8) is 0 Å². The minimum Gasteiger partial charge on any atom is -0.394 e. The Morgan fingerprint density at radius 3 is 2.58 bits per heavy atom. The highest BCUT2D eigenvalue weighted by Crippen LogP contribution is 2.30. The molecule has 10 nitrogen and oxygen atoms in total. The van der Waals surface area contributed by atoms with Gasteiger partial charge in [0.1, 0.15) is 12.3 Å². The molecule has 33 heavy (non-hydrogen) atoms. The topological polar surface area (TPSA) is 132 Å². The fourth-order valence-electron chi connectivity index (χ4n) is 4.09. The summed E-state index contributed by atoms with van der Waals surface area (Å²) in [4.78, 5) is 34.8. The summed E-state index contributed by atoms with van der Waals surface area (Å²) in [5.41, 5.74) is -0.182. The number of hydrogen-bond acceptors (Lipinski definition) is 8. The summed E-state index contributed by atoms with van der Waals surface area (Å²) in [6.45, 7) is 5.96. The monoisotopic (exact) mass is 463 g/mol. The van der Waals surface area contributed by atoms with E-state index < -0.39 is 24.0 Å². The second-order valence-electron chi connectivity index (χ2n) is 9.06. The molecule has 3 N–H and O–H groups in total. The third-order valence-corrected chi connectivity index (χ3v) is 6.07. The van der Waals surface area contributed by atoms with E-state index >= 15 is 0 Å². The van der Waals surface area contributed by atoms with Crippen molar-refractivity contribution >= 4 is 23.0 Å². The Kier molecular flexibility index (Phi) is 8.99. The van der Waals surface area contributed by atoms with Crippen LogP contribution in [0.15, 0.2) is 11.1 Å². The number of nitrogens with one attached hydrogen (secondary N) is 1. The highest BCUT2D eigenvalue weighted by molar-refractivity contribution is 5.86. The van der Waals surface area contributed by atoms with Crippen LogP contribution < -0.4 is 10.9 Å². The summed E-state index contributed by atoms with van der Waals surface area (Å²) >= 11 is 0. The van der Waals surface area contributed by atoms with Crippen LogP contribution in [-0.4, -0.2) is 60.6 Å². The fraction of sp³-hybridized carbons (Fsp3) is 0.739. The molecule has 0 aliphatic carbocycles. The smallest absolute Gasteiger partial charge is 0.289 e. The summed E-state index contributed by atoms with van der Waals surface area (Å²) in [5.74, 6) is -0.545. The van der Waals surface area contributed by atoms with Crippen LogP contribution in [0.1, 0.15) is 83.2 Å². The lowest BCUT2D eigenvalue weighted by Gasteiger charge is -2.16. The van der Waals surface area contributed by atoms with E-state index in [4.69, 9.17) is 4.74 Å². The fourth-order valence-corrected chi connectivity index (χ4v) is 4.09. The Bertz CT molecular complexity index is 986. The Morgan fingerprint density at radius 2 is 1.94 bits per heavy atom. The van der Waals surface area contributed by atoms with Crippen molar-refractivity contribution in [3.8, 4) is 0 Å². The molecule has 3 atom stereocenters. The Hall–Kier alpha value is -2.30. The molecule has 0 bridgehead atoms. The first-order valence-corrected chi connectivity index (χ1v) is 12.1. The van der Waals surface area contributed by atoms with E-state index in [0.29, 0.717) is 6.54 Å². The molecule has 1 saturated heterocycles. The molecular weight excluding hydrogens is 426 g/mol. The molecule has 0 unspecified atom stereocenters. The van der Waals surface area contributed by atoms with Gasteiger partial charge in [-0.05, 0) is 6.42 Å². The number of unbranched alkanes of at least 4 members (excludes halogenated alkanes) is 6. The molecule has 1 aliphatic heterocycles. The average Bonchev–Trinajstić information content (AvgIpc) is 3.38. The molecule has 184 valence electrons. The van der Waals surface area contributed by atoms with Gasteiger partial charge in [-0.3, -0.25) is 14.2 Å². The van der Waals surface area contributed by atoms with Crippen LogP contribution in [0.5, 0.6) is 0 Å². The number of ether oxygens (including phenoxy) is 1. The minimum atomic E-state index is -0.824. The lowest BCUT2D eigenvalue weighted by Crippen LogP contribution is -2.33. The number of anilines is 1. The quantitative estimate of drug-likeness (QED) is 0.410. The number of aliphatic hydroxyl groups is 2. The Balaban J connectivity index is 1.82. The zero-order valence-corrected chi connectivity index (χ0v) is 19.9. The molecule has 0 radical (unpaired) electrons. The lowest BCUT2D eigenvalue weighted by molar-refractivity contribution is -0.0432. The second kappa shape index (κ2) is 11.7. The van der Waals surface area contributed by atoms with Gasteiger partial charge in [-0.2, -0.15) is 4.98 Å². The summed E-state index contributed by atoms with van der Waals surface area (Å²) < 4.78 is 8.37. The molecule has 0 amide bonds. The number of rotatable bonds is 12. The molecule has 0 saturated carbocycles. The number of fused-ring (bicyclic) bond motifs is 1. The van der Waals surface area contributed by atoms with Crippen LogP contribution >= 0.6 is 0 Å². The van der Waals surface area contributed by atoms with Crippen molar-refractivity contribution in [2.24, 2.45) is 5.92 Å². The Labute approximate surface area is 194 Å². The maximum absolute atomic E-state index is 13.2. The van der Waals surface area contributed by atoms with E-state index in [1.807, 2.05) is 0 Å². The second-order valence-corrected chi connectivity index (χ2v) is 9.06. The number of carbonyl (C=O) groups is 1. The first-order chi connectivity index (χ1) is 15.9. The number of aliphatic hydroxyl groups excluding tert-OH is 2. The molecule has 0 aromatic carbocycles. The average molecular weight is 464 g/mol. The molecule has 1 aliphatic rings. The highest BCUT2D eigenvalue weighted by atomic mass is 16.5. The molecule has 10 heteroatoms. The van der Waals surface area contributed by atoms with E-state index in [-0.39, 0.29) is 42.0 Å². The van der Waals surface area contributed by atoms with Gasteiger partial charge in [-0.25, -0.2) is 9.55 Å². The van der Waals surface area contributed by atoms with Crippen LogP contribution in [0.4, 0.5) is 5.95 Å². The summed E-state index contributed by atoms with van der Waals surface area (Å²) in [6.07, 6.45) is 7.63. The minimum absolute atomic E-state index is 0.0658. The normalized spacial score (nSPS) is 20.7. The zero-order chi connectivity index (χ0) is 24.0. The molecule has 1 fully saturated rings. The third kappa shape index (κ3) is 5.80. The van der Waals surface area contributed by atoms with E-state index in [9.17, 15) is 19.8 Å². The third-order valence-electron chi connectivity index (χ3n) is 6.07. The molecule has 3 heterocycles. The molecule has 3 rings (SSSR count). The van der Waals surface area contributed by atoms with Gasteiger partial charge in [-0.1, -0.05) is 59.3 Å². The lowest BCUT2D eigenvalue weighted by atomic mass is 10.1. The van der Waals surface area contributed by atoms with Gasteiger partial charge >= 0.3 is 0 Å². The number of imidazole rings is 1. The first-order valence-electron chi connectivity index (χ1n) is 12.1. The van der Waals surface area contributed by atoms with Crippen molar-refractivity contribution < 1.29 is 19.7 Å². The maximum Gasteiger partial charge on any atom is 0.289 e. The first kappa shape index (κ1) is 25.3. The SMILES string of the molecule is CCCCCCCCCNc1nc2c(ncn2[C@H]2C[C@H](O)[C@@H](CO)O2)c(=O)n1C(=O)C(C)C. The number of hydrogen-bond donors (Lipinski definition) is 3. The predicted molar refractivity (Wildman–Crippen MR) is 125 cm³/mol. The van der Waals surface area contributed by atoms with Crippen molar-refractivity contribution in [1.29, 1.82) is 0 Å². The summed E-state index contributed by atoms with van der Waals surface area (Å²) in [5, 5.41) is 22.6. The van der Waals surface area contributed by atoms with Gasteiger partial charge in [0, 0.05) is 18.9 Å². The van der Waals surface area contributed by atoms with Crippen molar-refractivity contribution in [2.75, 3.05) is 18.5 Å². The maximum atomic E-state index is 13.2. The number of carbonyl (C=O) groups excluding carboxylic acids is 1. The number of nitrogens with zero attached hydrogens (tertiary/aromatic N) is 4. The van der Waals surface area contributed by atoms with Crippen LogP contribution in [0.3, 0.4) is 0 Å². The molecule has 0 spiro atoms. The van der Waals surface area contributed by atoms with E-state index in [2.05, 4.69) is 22.2 Å². The largest absolute Gasteiger partial charge is 0.394 e. The van der Waals surface area contributed by atoms with Crippen molar-refractivity contribution in [2.45, 2.75) is 90.6 Å². The van der Waals surface area contributed by atoms with E-state index in [0.717, 1.165) is 23.8 Å².